The molecule has 0 saturated carbocycles. The van der Waals surface area contributed by atoms with Gasteiger partial charge < -0.3 is 18.9 Å². The Morgan fingerprint density at radius 3 is 2.21 bits per heavy atom. The smallest absolute Gasteiger partial charge is 0.129 e. The van der Waals surface area contributed by atoms with Crippen molar-refractivity contribution in [3.8, 4) is 0 Å². The van der Waals surface area contributed by atoms with Crippen LogP contribution < -0.4 is 5.32 Å². The lowest BCUT2D eigenvalue weighted by molar-refractivity contribution is 0.161. The van der Waals surface area contributed by atoms with E-state index in [1.807, 2.05) is 24.3 Å². The Balaban J connectivity index is 2.22. The molecular weight excluding hydrogens is 242 g/mol. The lowest BCUT2D eigenvalue weighted by Crippen LogP contribution is -2.21. The van der Waals surface area contributed by atoms with Crippen LogP contribution in [0.4, 0.5) is 0 Å². The third-order valence-corrected chi connectivity index (χ3v) is 2.98. The van der Waals surface area contributed by atoms with Crippen LogP contribution in [0.5, 0.6) is 0 Å². The average Bonchev–Trinajstić information content (AvgIpc) is 3.05. The lowest BCUT2D eigenvalue weighted by Gasteiger charge is -2.12. The van der Waals surface area contributed by atoms with Crippen molar-refractivity contribution in [2.45, 2.75) is 32.9 Å². The van der Waals surface area contributed by atoms with Gasteiger partial charge in [-0.3, -0.25) is 0 Å². The minimum absolute atomic E-state index is 0.0455. The molecule has 4 nitrogen and oxygen atoms in total. The largest absolute Gasteiger partial charge is 0.464 e. The number of methoxy groups -OCH3 is 1. The van der Waals surface area contributed by atoms with Crippen LogP contribution in [0, 0.1) is 0 Å². The van der Waals surface area contributed by atoms with Gasteiger partial charge in [0.05, 0.1) is 0 Å². The summed E-state index contributed by atoms with van der Waals surface area (Å²) in [5.41, 5.74) is 0. The van der Waals surface area contributed by atoms with Crippen molar-refractivity contribution in [1.29, 1.82) is 0 Å². The monoisotopic (exact) mass is 263 g/mol. The van der Waals surface area contributed by atoms with Gasteiger partial charge in [0, 0.05) is 13.5 Å². The fourth-order valence-electron chi connectivity index (χ4n) is 2.05. The number of aryl methyl sites for hydroxylation is 1. The molecule has 0 aliphatic heterocycles. The van der Waals surface area contributed by atoms with Gasteiger partial charge in [-0.1, -0.05) is 13.8 Å². The van der Waals surface area contributed by atoms with Crippen LogP contribution in [0.15, 0.2) is 33.1 Å². The van der Waals surface area contributed by atoms with E-state index in [1.165, 1.54) is 0 Å². The van der Waals surface area contributed by atoms with E-state index in [2.05, 4.69) is 19.2 Å². The van der Waals surface area contributed by atoms with E-state index in [0.717, 1.165) is 36.0 Å². The summed E-state index contributed by atoms with van der Waals surface area (Å²) in [6, 6.07) is 7.88. The standard InChI is InChI=1S/C15H21NO3/c1-4-11-6-8-13(18-11)15(16-5-2)14-9-7-12(19-14)10-17-3/h6-9,15-16H,4-5,10H2,1-3H3. The fraction of sp³-hybridized carbons (Fsp3) is 0.467. The van der Waals surface area contributed by atoms with Crippen LogP contribution in [0.2, 0.25) is 0 Å². The molecule has 0 bridgehead atoms. The van der Waals surface area contributed by atoms with E-state index in [1.54, 1.807) is 7.11 Å². The maximum Gasteiger partial charge on any atom is 0.129 e. The van der Waals surface area contributed by atoms with Crippen LogP contribution in [0.25, 0.3) is 0 Å². The summed E-state index contributed by atoms with van der Waals surface area (Å²) in [5.74, 6) is 3.55. The van der Waals surface area contributed by atoms with Gasteiger partial charge in [-0.15, -0.1) is 0 Å². The number of nitrogens with one attached hydrogen (secondary N) is 1. The second kappa shape index (κ2) is 6.59. The summed E-state index contributed by atoms with van der Waals surface area (Å²) in [6.07, 6.45) is 0.895. The number of rotatable bonds is 7. The van der Waals surface area contributed by atoms with Gasteiger partial charge in [-0.2, -0.15) is 0 Å². The molecule has 2 aromatic heterocycles. The number of hydrogen-bond donors (Lipinski definition) is 1. The molecule has 2 rings (SSSR count). The molecule has 0 saturated heterocycles. The van der Waals surface area contributed by atoms with Gasteiger partial charge in [0.2, 0.25) is 0 Å². The Hall–Kier alpha value is -1.52. The highest BCUT2D eigenvalue weighted by atomic mass is 16.5. The quantitative estimate of drug-likeness (QED) is 0.832. The minimum Gasteiger partial charge on any atom is -0.464 e. The summed E-state index contributed by atoms with van der Waals surface area (Å²) in [5, 5.41) is 3.38. The van der Waals surface area contributed by atoms with E-state index >= 15 is 0 Å². The fourth-order valence-corrected chi connectivity index (χ4v) is 2.05. The molecule has 2 heterocycles. The van der Waals surface area contributed by atoms with Gasteiger partial charge in [-0.05, 0) is 30.8 Å². The van der Waals surface area contributed by atoms with E-state index in [0.29, 0.717) is 6.61 Å². The zero-order chi connectivity index (χ0) is 13.7. The lowest BCUT2D eigenvalue weighted by atomic mass is 10.1. The Bertz CT molecular complexity index is 501. The molecule has 0 radical (unpaired) electrons. The summed E-state index contributed by atoms with van der Waals surface area (Å²) in [4.78, 5) is 0. The summed E-state index contributed by atoms with van der Waals surface area (Å²) in [6.45, 7) is 5.47. The number of hydrogen-bond acceptors (Lipinski definition) is 4. The highest BCUT2D eigenvalue weighted by Crippen LogP contribution is 2.26. The second-order valence-corrected chi connectivity index (χ2v) is 4.39. The van der Waals surface area contributed by atoms with Crippen molar-refractivity contribution in [3.63, 3.8) is 0 Å². The van der Waals surface area contributed by atoms with Gasteiger partial charge in [-0.25, -0.2) is 0 Å². The number of furan rings is 2. The zero-order valence-corrected chi connectivity index (χ0v) is 11.7. The van der Waals surface area contributed by atoms with Gasteiger partial charge in [0.25, 0.3) is 0 Å². The maximum atomic E-state index is 5.82. The summed E-state index contributed by atoms with van der Waals surface area (Å²) >= 11 is 0. The molecule has 0 amide bonds. The molecule has 0 fully saturated rings. The van der Waals surface area contributed by atoms with E-state index in [-0.39, 0.29) is 6.04 Å². The third-order valence-electron chi connectivity index (χ3n) is 2.98. The highest BCUT2D eigenvalue weighted by molar-refractivity contribution is 5.21. The Kier molecular flexibility index (Phi) is 4.82. The first-order valence-corrected chi connectivity index (χ1v) is 6.68. The average molecular weight is 263 g/mol. The van der Waals surface area contributed by atoms with Crippen molar-refractivity contribution in [2.24, 2.45) is 0 Å². The van der Waals surface area contributed by atoms with E-state index < -0.39 is 0 Å². The third kappa shape index (κ3) is 3.28. The molecule has 4 heteroatoms. The second-order valence-electron chi connectivity index (χ2n) is 4.39. The summed E-state index contributed by atoms with van der Waals surface area (Å²) < 4.78 is 16.7. The first-order valence-electron chi connectivity index (χ1n) is 6.68. The van der Waals surface area contributed by atoms with Crippen LogP contribution in [-0.4, -0.2) is 13.7 Å². The number of ether oxygens (including phenoxy) is 1. The zero-order valence-electron chi connectivity index (χ0n) is 11.7. The Labute approximate surface area is 113 Å². The van der Waals surface area contributed by atoms with Crippen molar-refractivity contribution in [2.75, 3.05) is 13.7 Å². The molecule has 104 valence electrons. The van der Waals surface area contributed by atoms with Crippen molar-refractivity contribution < 1.29 is 13.6 Å². The normalized spacial score (nSPS) is 12.8. The van der Waals surface area contributed by atoms with Gasteiger partial charge >= 0.3 is 0 Å². The molecule has 0 aliphatic rings. The molecule has 1 N–H and O–H groups in total. The predicted octanol–water partition coefficient (Wildman–Crippen LogP) is 3.28. The molecule has 1 unspecified atom stereocenters. The molecule has 0 aromatic carbocycles. The van der Waals surface area contributed by atoms with Gasteiger partial charge in [0.1, 0.15) is 35.7 Å². The van der Waals surface area contributed by atoms with Crippen LogP contribution >= 0.6 is 0 Å². The van der Waals surface area contributed by atoms with Crippen molar-refractivity contribution >= 4 is 0 Å². The van der Waals surface area contributed by atoms with Crippen molar-refractivity contribution in [3.05, 3.63) is 47.3 Å². The molecule has 19 heavy (non-hydrogen) atoms. The predicted molar refractivity (Wildman–Crippen MR) is 73.0 cm³/mol. The first-order chi connectivity index (χ1) is 9.28. The SMILES string of the molecule is CCNC(c1ccc(CC)o1)c1ccc(COC)o1. The topological polar surface area (TPSA) is 47.5 Å². The minimum atomic E-state index is -0.0455. The van der Waals surface area contributed by atoms with Crippen LogP contribution in [-0.2, 0) is 17.8 Å². The first kappa shape index (κ1) is 13.9. The van der Waals surface area contributed by atoms with Crippen LogP contribution in [0.3, 0.4) is 0 Å². The van der Waals surface area contributed by atoms with E-state index in [9.17, 15) is 0 Å². The molecule has 0 spiro atoms. The highest BCUT2D eigenvalue weighted by Gasteiger charge is 2.20. The molecular formula is C15H21NO3. The Morgan fingerprint density at radius 1 is 1.05 bits per heavy atom. The van der Waals surface area contributed by atoms with Crippen molar-refractivity contribution in [1.82, 2.24) is 5.32 Å². The molecule has 0 aliphatic carbocycles. The summed E-state index contributed by atoms with van der Waals surface area (Å²) in [7, 11) is 1.66. The Morgan fingerprint density at radius 2 is 1.68 bits per heavy atom. The van der Waals surface area contributed by atoms with E-state index in [4.69, 9.17) is 13.6 Å². The molecule has 2 aromatic rings. The maximum absolute atomic E-state index is 5.82. The van der Waals surface area contributed by atoms with Gasteiger partial charge in [0.15, 0.2) is 0 Å². The molecule has 1 atom stereocenters. The van der Waals surface area contributed by atoms with Crippen LogP contribution in [0.1, 0.15) is 42.9 Å².